The summed E-state index contributed by atoms with van der Waals surface area (Å²) in [5.41, 5.74) is 1.08. The van der Waals surface area contributed by atoms with E-state index in [-0.39, 0.29) is 11.8 Å². The fourth-order valence-corrected chi connectivity index (χ4v) is 3.39. The van der Waals surface area contributed by atoms with E-state index in [2.05, 4.69) is 22.2 Å². The van der Waals surface area contributed by atoms with Crippen molar-refractivity contribution < 1.29 is 9.90 Å². The largest absolute Gasteiger partial charge is 0.481 e. The molecular weight excluding hydrogens is 248 g/mol. The number of aliphatic carboxylic acids is 1. The topological polar surface area (TPSA) is 53.4 Å². The van der Waals surface area contributed by atoms with Crippen molar-refractivity contribution in [1.82, 2.24) is 9.88 Å². The van der Waals surface area contributed by atoms with E-state index in [1.54, 1.807) is 11.3 Å². The van der Waals surface area contributed by atoms with Gasteiger partial charge in [0, 0.05) is 25.0 Å². The first-order chi connectivity index (χ1) is 8.60. The van der Waals surface area contributed by atoms with Gasteiger partial charge in [-0.15, -0.1) is 11.3 Å². The van der Waals surface area contributed by atoms with E-state index < -0.39 is 5.97 Å². The minimum Gasteiger partial charge on any atom is -0.481 e. The van der Waals surface area contributed by atoms with Crippen LogP contribution in [0.2, 0.25) is 0 Å². The highest BCUT2D eigenvalue weighted by Crippen LogP contribution is 2.25. The third-order valence-corrected chi connectivity index (χ3v) is 4.41. The summed E-state index contributed by atoms with van der Waals surface area (Å²) in [5.74, 6) is -0.662. The number of carbonyl (C=O) groups is 1. The van der Waals surface area contributed by atoms with Crippen molar-refractivity contribution in [2.75, 3.05) is 13.1 Å². The monoisotopic (exact) mass is 268 g/mol. The number of carboxylic acids is 1. The highest BCUT2D eigenvalue weighted by Gasteiger charge is 2.34. The van der Waals surface area contributed by atoms with Crippen LogP contribution in [0.1, 0.15) is 31.0 Å². The molecule has 1 aliphatic heterocycles. The summed E-state index contributed by atoms with van der Waals surface area (Å²) in [6.45, 7) is 6.46. The molecule has 1 aromatic rings. The predicted molar refractivity (Wildman–Crippen MR) is 71.7 cm³/mol. The maximum absolute atomic E-state index is 11.1. The molecule has 100 valence electrons. The number of hydrogen-bond acceptors (Lipinski definition) is 4. The van der Waals surface area contributed by atoms with Crippen LogP contribution in [0.25, 0.3) is 0 Å². The van der Waals surface area contributed by atoms with Gasteiger partial charge in [-0.1, -0.05) is 13.8 Å². The summed E-state index contributed by atoms with van der Waals surface area (Å²) in [5, 5.41) is 12.4. The first-order valence-electron chi connectivity index (χ1n) is 6.48. The lowest BCUT2D eigenvalue weighted by Crippen LogP contribution is -2.23. The maximum atomic E-state index is 11.1. The molecule has 0 aromatic carbocycles. The van der Waals surface area contributed by atoms with Crippen LogP contribution >= 0.6 is 11.3 Å². The van der Waals surface area contributed by atoms with Crippen LogP contribution in [-0.4, -0.2) is 34.0 Å². The van der Waals surface area contributed by atoms with Crippen molar-refractivity contribution in [1.29, 1.82) is 0 Å². The Bertz CT molecular complexity index is 419. The molecule has 5 heteroatoms. The number of likely N-dealkylation sites (tertiary alicyclic amines) is 1. The Morgan fingerprint density at radius 2 is 2.39 bits per heavy atom. The molecule has 0 saturated carbocycles. The quantitative estimate of drug-likeness (QED) is 0.890. The number of rotatable bonds is 5. The maximum Gasteiger partial charge on any atom is 0.308 e. The van der Waals surface area contributed by atoms with Crippen LogP contribution in [0, 0.1) is 11.8 Å². The minimum atomic E-state index is -0.671. The van der Waals surface area contributed by atoms with Gasteiger partial charge >= 0.3 is 5.97 Å². The Morgan fingerprint density at radius 3 is 3.00 bits per heavy atom. The van der Waals surface area contributed by atoms with Gasteiger partial charge in [0.1, 0.15) is 0 Å². The summed E-state index contributed by atoms with van der Waals surface area (Å²) in [4.78, 5) is 17.8. The summed E-state index contributed by atoms with van der Waals surface area (Å²) >= 11 is 1.71. The van der Waals surface area contributed by atoms with E-state index in [1.807, 2.05) is 6.92 Å². The van der Waals surface area contributed by atoms with Crippen LogP contribution in [0.5, 0.6) is 0 Å². The van der Waals surface area contributed by atoms with Gasteiger partial charge in [-0.25, -0.2) is 4.98 Å². The number of nitrogens with zero attached hydrogens (tertiary/aromatic N) is 2. The third kappa shape index (κ3) is 3.09. The van der Waals surface area contributed by atoms with Gasteiger partial charge in [-0.05, 0) is 18.8 Å². The Balaban J connectivity index is 1.92. The zero-order valence-corrected chi connectivity index (χ0v) is 11.7. The number of hydrogen-bond donors (Lipinski definition) is 1. The molecule has 18 heavy (non-hydrogen) atoms. The molecule has 4 nitrogen and oxygen atoms in total. The molecule has 0 amide bonds. The SMILES string of the molecule is CCCc1nc(CN2CC(C)C(C(=O)O)C2)cs1. The Labute approximate surface area is 112 Å². The lowest BCUT2D eigenvalue weighted by Gasteiger charge is -2.12. The lowest BCUT2D eigenvalue weighted by atomic mass is 9.99. The lowest BCUT2D eigenvalue weighted by molar-refractivity contribution is -0.142. The fourth-order valence-electron chi connectivity index (χ4n) is 2.50. The Morgan fingerprint density at radius 1 is 1.61 bits per heavy atom. The van der Waals surface area contributed by atoms with Crippen molar-refractivity contribution >= 4 is 17.3 Å². The minimum absolute atomic E-state index is 0.223. The van der Waals surface area contributed by atoms with E-state index in [9.17, 15) is 4.79 Å². The van der Waals surface area contributed by atoms with Crippen molar-refractivity contribution in [2.45, 2.75) is 33.2 Å². The normalized spacial score (nSPS) is 24.6. The van der Waals surface area contributed by atoms with Gasteiger partial charge in [0.15, 0.2) is 0 Å². The van der Waals surface area contributed by atoms with Crippen molar-refractivity contribution in [3.05, 3.63) is 16.1 Å². The van der Waals surface area contributed by atoms with Gasteiger partial charge < -0.3 is 5.11 Å². The molecule has 1 aromatic heterocycles. The number of carboxylic acid groups (broad SMARTS) is 1. The van der Waals surface area contributed by atoms with Crippen molar-refractivity contribution in [3.8, 4) is 0 Å². The number of aryl methyl sites for hydroxylation is 1. The molecular formula is C13H20N2O2S. The number of aromatic nitrogens is 1. The molecule has 1 aliphatic rings. The second-order valence-electron chi connectivity index (χ2n) is 5.10. The van der Waals surface area contributed by atoms with Gasteiger partial charge in [-0.2, -0.15) is 0 Å². The predicted octanol–water partition coefficient (Wildman–Crippen LogP) is 2.25. The van der Waals surface area contributed by atoms with Crippen molar-refractivity contribution in [3.63, 3.8) is 0 Å². The second kappa shape index (κ2) is 5.80. The van der Waals surface area contributed by atoms with Crippen LogP contribution in [0.15, 0.2) is 5.38 Å². The van der Waals surface area contributed by atoms with E-state index in [4.69, 9.17) is 5.11 Å². The summed E-state index contributed by atoms with van der Waals surface area (Å²) < 4.78 is 0. The molecule has 1 fully saturated rings. The summed E-state index contributed by atoms with van der Waals surface area (Å²) in [7, 11) is 0. The van der Waals surface area contributed by atoms with E-state index in [1.165, 1.54) is 5.01 Å². The fraction of sp³-hybridized carbons (Fsp3) is 0.692. The average Bonchev–Trinajstić information content (AvgIpc) is 2.87. The molecule has 2 heterocycles. The Hall–Kier alpha value is -0.940. The smallest absolute Gasteiger partial charge is 0.308 e. The van der Waals surface area contributed by atoms with E-state index in [0.717, 1.165) is 31.6 Å². The third-order valence-electron chi connectivity index (χ3n) is 3.45. The van der Waals surface area contributed by atoms with Gasteiger partial charge in [0.25, 0.3) is 0 Å². The molecule has 2 unspecified atom stereocenters. The van der Waals surface area contributed by atoms with Gasteiger partial charge in [0.2, 0.25) is 0 Å². The standard InChI is InChI=1S/C13H20N2O2S/c1-3-4-12-14-10(8-18-12)6-15-5-9(2)11(7-15)13(16)17/h8-9,11H,3-7H2,1-2H3,(H,16,17). The summed E-state index contributed by atoms with van der Waals surface area (Å²) in [6.07, 6.45) is 2.16. The molecule has 0 radical (unpaired) electrons. The highest BCUT2D eigenvalue weighted by molar-refractivity contribution is 7.09. The van der Waals surface area contributed by atoms with Gasteiger partial charge in [-0.3, -0.25) is 9.69 Å². The second-order valence-corrected chi connectivity index (χ2v) is 6.04. The van der Waals surface area contributed by atoms with Crippen LogP contribution in [0.4, 0.5) is 0 Å². The van der Waals surface area contributed by atoms with Crippen molar-refractivity contribution in [2.24, 2.45) is 11.8 Å². The number of thiazole rings is 1. The Kier molecular flexibility index (Phi) is 4.35. The molecule has 1 saturated heterocycles. The molecule has 0 spiro atoms. The average molecular weight is 268 g/mol. The first-order valence-corrected chi connectivity index (χ1v) is 7.36. The first kappa shape index (κ1) is 13.5. The highest BCUT2D eigenvalue weighted by atomic mass is 32.1. The molecule has 0 aliphatic carbocycles. The van der Waals surface area contributed by atoms with Crippen LogP contribution in [-0.2, 0) is 17.8 Å². The van der Waals surface area contributed by atoms with E-state index >= 15 is 0 Å². The van der Waals surface area contributed by atoms with Crippen LogP contribution < -0.4 is 0 Å². The van der Waals surface area contributed by atoms with Crippen LogP contribution in [0.3, 0.4) is 0 Å². The van der Waals surface area contributed by atoms with Gasteiger partial charge in [0.05, 0.1) is 16.6 Å². The summed E-state index contributed by atoms with van der Waals surface area (Å²) in [6, 6.07) is 0. The molecule has 1 N–H and O–H groups in total. The zero-order chi connectivity index (χ0) is 13.1. The zero-order valence-electron chi connectivity index (χ0n) is 10.9. The molecule has 2 rings (SSSR count). The molecule has 2 atom stereocenters. The van der Waals surface area contributed by atoms with E-state index in [0.29, 0.717) is 6.54 Å². The molecule has 0 bridgehead atoms.